The molecule has 1 aliphatic heterocycles. The van der Waals surface area contributed by atoms with Gasteiger partial charge in [0.25, 0.3) is 0 Å². The summed E-state index contributed by atoms with van der Waals surface area (Å²) in [5.74, 6) is 0.715. The van der Waals surface area contributed by atoms with Crippen LogP contribution in [0.5, 0.6) is 0 Å². The van der Waals surface area contributed by atoms with Gasteiger partial charge in [0.2, 0.25) is 5.91 Å². The van der Waals surface area contributed by atoms with Gasteiger partial charge in [0.1, 0.15) is 0 Å². The molecule has 0 aromatic rings. The van der Waals surface area contributed by atoms with Gasteiger partial charge in [0, 0.05) is 19.6 Å². The summed E-state index contributed by atoms with van der Waals surface area (Å²) in [6.45, 7) is 2.98. The number of likely N-dealkylation sites (tertiary alicyclic amines) is 1. The van der Waals surface area contributed by atoms with Gasteiger partial charge in [-0.05, 0) is 26.4 Å². The molecule has 4 nitrogen and oxygen atoms in total. The first-order valence-corrected chi connectivity index (χ1v) is 4.76. The second kappa shape index (κ2) is 4.58. The summed E-state index contributed by atoms with van der Waals surface area (Å²) in [6.07, 6.45) is 1.12. The summed E-state index contributed by atoms with van der Waals surface area (Å²) in [5, 5.41) is 0. The maximum atomic E-state index is 11.2. The van der Waals surface area contributed by atoms with Gasteiger partial charge in [-0.15, -0.1) is 0 Å². The number of hydrogen-bond donors (Lipinski definition) is 1. The van der Waals surface area contributed by atoms with Crippen LogP contribution >= 0.6 is 0 Å². The van der Waals surface area contributed by atoms with E-state index in [1.54, 1.807) is 0 Å². The maximum absolute atomic E-state index is 11.2. The van der Waals surface area contributed by atoms with E-state index in [1.165, 1.54) is 0 Å². The van der Waals surface area contributed by atoms with E-state index in [0.717, 1.165) is 26.1 Å². The van der Waals surface area contributed by atoms with Crippen LogP contribution in [0.1, 0.15) is 6.42 Å². The standard InChI is InChI=1S/C9H19N3O/c1-11(2)6-8-3-4-12(7-8)9(13)5-10/h8H,3-7,10H2,1-2H3/t8-/m0/s1. The molecule has 0 radical (unpaired) electrons. The third-order valence-corrected chi connectivity index (χ3v) is 2.44. The normalized spacial score (nSPS) is 22.8. The highest BCUT2D eigenvalue weighted by molar-refractivity contribution is 5.78. The number of carbonyl (C=O) groups is 1. The van der Waals surface area contributed by atoms with Gasteiger partial charge < -0.3 is 15.5 Å². The van der Waals surface area contributed by atoms with Crippen molar-refractivity contribution in [2.45, 2.75) is 6.42 Å². The van der Waals surface area contributed by atoms with Crippen molar-refractivity contribution in [3.05, 3.63) is 0 Å². The molecule has 0 aliphatic carbocycles. The molecule has 1 fully saturated rings. The molecule has 1 amide bonds. The first kappa shape index (κ1) is 10.5. The average Bonchev–Trinajstić information content (AvgIpc) is 2.50. The minimum absolute atomic E-state index is 0.0845. The summed E-state index contributed by atoms with van der Waals surface area (Å²) >= 11 is 0. The summed E-state index contributed by atoms with van der Waals surface area (Å²) in [7, 11) is 4.13. The average molecular weight is 185 g/mol. The first-order valence-electron chi connectivity index (χ1n) is 4.76. The first-order chi connectivity index (χ1) is 6.13. The summed E-state index contributed by atoms with van der Waals surface area (Å²) in [4.78, 5) is 15.3. The molecule has 13 heavy (non-hydrogen) atoms. The van der Waals surface area contributed by atoms with Crippen LogP contribution in [0, 0.1) is 5.92 Å². The molecule has 0 saturated carbocycles. The predicted octanol–water partition coefficient (Wildman–Crippen LogP) is -0.645. The van der Waals surface area contributed by atoms with Crippen LogP contribution in [0.15, 0.2) is 0 Å². The van der Waals surface area contributed by atoms with E-state index in [0.29, 0.717) is 5.92 Å². The van der Waals surface area contributed by atoms with Crippen LogP contribution in [0.4, 0.5) is 0 Å². The minimum Gasteiger partial charge on any atom is -0.341 e. The Labute approximate surface area is 79.7 Å². The van der Waals surface area contributed by atoms with E-state index in [1.807, 2.05) is 4.90 Å². The molecule has 1 rings (SSSR count). The van der Waals surface area contributed by atoms with Gasteiger partial charge in [-0.2, -0.15) is 0 Å². The third-order valence-electron chi connectivity index (χ3n) is 2.44. The fraction of sp³-hybridized carbons (Fsp3) is 0.889. The zero-order valence-electron chi connectivity index (χ0n) is 8.49. The highest BCUT2D eigenvalue weighted by Crippen LogP contribution is 2.16. The lowest BCUT2D eigenvalue weighted by molar-refractivity contribution is -0.128. The van der Waals surface area contributed by atoms with E-state index in [-0.39, 0.29) is 12.5 Å². The molecule has 0 unspecified atom stereocenters. The summed E-state index contributed by atoms with van der Waals surface area (Å²) < 4.78 is 0. The van der Waals surface area contributed by atoms with Crippen molar-refractivity contribution in [2.75, 3.05) is 40.3 Å². The van der Waals surface area contributed by atoms with Crippen LogP contribution in [-0.4, -0.2) is 56.0 Å². The lowest BCUT2D eigenvalue weighted by Gasteiger charge is -2.17. The van der Waals surface area contributed by atoms with E-state index in [4.69, 9.17) is 5.73 Å². The maximum Gasteiger partial charge on any atom is 0.236 e. The van der Waals surface area contributed by atoms with Crippen molar-refractivity contribution in [3.63, 3.8) is 0 Å². The molecular weight excluding hydrogens is 166 g/mol. The smallest absolute Gasteiger partial charge is 0.236 e. The highest BCUT2D eigenvalue weighted by atomic mass is 16.2. The van der Waals surface area contributed by atoms with Crippen molar-refractivity contribution in [1.29, 1.82) is 0 Å². The van der Waals surface area contributed by atoms with Crippen LogP contribution in [0.3, 0.4) is 0 Å². The topological polar surface area (TPSA) is 49.6 Å². The molecular formula is C9H19N3O. The number of carbonyl (C=O) groups excluding carboxylic acids is 1. The highest BCUT2D eigenvalue weighted by Gasteiger charge is 2.25. The van der Waals surface area contributed by atoms with E-state index in [2.05, 4.69) is 19.0 Å². The fourth-order valence-corrected chi connectivity index (χ4v) is 1.85. The van der Waals surface area contributed by atoms with Crippen molar-refractivity contribution in [2.24, 2.45) is 11.7 Å². The summed E-state index contributed by atoms with van der Waals surface area (Å²) in [6, 6.07) is 0. The van der Waals surface area contributed by atoms with Gasteiger partial charge in [0.15, 0.2) is 0 Å². The number of amides is 1. The van der Waals surface area contributed by atoms with Gasteiger partial charge >= 0.3 is 0 Å². The Morgan fingerprint density at radius 2 is 2.31 bits per heavy atom. The molecule has 0 aromatic carbocycles. The van der Waals surface area contributed by atoms with Crippen LogP contribution in [-0.2, 0) is 4.79 Å². The van der Waals surface area contributed by atoms with Crippen LogP contribution < -0.4 is 5.73 Å². The third kappa shape index (κ3) is 2.97. The Bertz CT molecular complexity index is 182. The van der Waals surface area contributed by atoms with Crippen LogP contribution in [0.2, 0.25) is 0 Å². The minimum atomic E-state index is 0.0845. The fourth-order valence-electron chi connectivity index (χ4n) is 1.85. The molecule has 1 atom stereocenters. The Hall–Kier alpha value is -0.610. The van der Waals surface area contributed by atoms with E-state index >= 15 is 0 Å². The molecule has 1 heterocycles. The second-order valence-corrected chi connectivity index (χ2v) is 3.96. The van der Waals surface area contributed by atoms with Crippen molar-refractivity contribution >= 4 is 5.91 Å². The number of hydrogen-bond acceptors (Lipinski definition) is 3. The lowest BCUT2D eigenvalue weighted by atomic mass is 10.1. The zero-order chi connectivity index (χ0) is 9.84. The Morgan fingerprint density at radius 3 is 2.85 bits per heavy atom. The Balaban J connectivity index is 2.32. The molecule has 1 aliphatic rings. The molecule has 1 saturated heterocycles. The van der Waals surface area contributed by atoms with Gasteiger partial charge in [-0.25, -0.2) is 0 Å². The number of rotatable bonds is 3. The quantitative estimate of drug-likeness (QED) is 0.636. The summed E-state index contributed by atoms with van der Waals surface area (Å²) in [5.41, 5.74) is 5.30. The molecule has 0 aromatic heterocycles. The van der Waals surface area contributed by atoms with Gasteiger partial charge in [-0.3, -0.25) is 4.79 Å². The van der Waals surface area contributed by atoms with Gasteiger partial charge in [-0.1, -0.05) is 0 Å². The van der Waals surface area contributed by atoms with Crippen molar-refractivity contribution in [1.82, 2.24) is 9.80 Å². The van der Waals surface area contributed by atoms with Gasteiger partial charge in [0.05, 0.1) is 6.54 Å². The zero-order valence-corrected chi connectivity index (χ0v) is 8.49. The molecule has 0 spiro atoms. The predicted molar refractivity (Wildman–Crippen MR) is 52.3 cm³/mol. The van der Waals surface area contributed by atoms with Crippen molar-refractivity contribution in [3.8, 4) is 0 Å². The van der Waals surface area contributed by atoms with E-state index < -0.39 is 0 Å². The Kier molecular flexibility index (Phi) is 3.69. The number of nitrogens with two attached hydrogens (primary N) is 1. The largest absolute Gasteiger partial charge is 0.341 e. The lowest BCUT2D eigenvalue weighted by Crippen LogP contribution is -2.35. The van der Waals surface area contributed by atoms with Crippen molar-refractivity contribution < 1.29 is 4.79 Å². The molecule has 4 heteroatoms. The van der Waals surface area contributed by atoms with E-state index in [9.17, 15) is 4.79 Å². The monoisotopic (exact) mass is 185 g/mol. The molecule has 0 bridgehead atoms. The molecule has 2 N–H and O–H groups in total. The molecule has 76 valence electrons. The SMILES string of the molecule is CN(C)C[C@@H]1CCN(C(=O)CN)C1. The second-order valence-electron chi connectivity index (χ2n) is 3.96. The Morgan fingerprint density at radius 1 is 1.62 bits per heavy atom. The van der Waals surface area contributed by atoms with Crippen LogP contribution in [0.25, 0.3) is 0 Å². The number of nitrogens with zero attached hydrogens (tertiary/aromatic N) is 2.